The van der Waals surface area contributed by atoms with Gasteiger partial charge in [0, 0.05) is 37.8 Å². The predicted molar refractivity (Wildman–Crippen MR) is 99.2 cm³/mol. The van der Waals surface area contributed by atoms with E-state index >= 15 is 0 Å². The molecule has 3 rings (SSSR count). The molecule has 1 saturated carbocycles. The van der Waals surface area contributed by atoms with Gasteiger partial charge in [0.25, 0.3) is 0 Å². The molecular formula is C20H26N2O5. The average molecular weight is 374 g/mol. The fourth-order valence-corrected chi connectivity index (χ4v) is 3.68. The molecule has 0 amide bonds. The number of nitrogens with zero attached hydrogens (tertiary/aromatic N) is 2. The minimum Gasteiger partial charge on any atom is -0.511 e. The maximum Gasteiger partial charge on any atom is 0.168 e. The van der Waals surface area contributed by atoms with E-state index in [4.69, 9.17) is 4.52 Å². The van der Waals surface area contributed by atoms with E-state index < -0.39 is 0 Å². The lowest BCUT2D eigenvalue weighted by atomic mass is 9.88. The standard InChI is InChI=1S/C20H26N2O5/c1-2-12(11-23)21-13-5-3-6-15(24)19(13)17(26)10-9-14-20-16(25)7-4-8-18(20)27-22-14/h12,23,26H,2-11H2,1H3/b19-17+,21-13?. The number of allylic oxidation sites excluding steroid dienone is 2. The van der Waals surface area contributed by atoms with E-state index in [1.807, 2.05) is 6.92 Å². The molecule has 1 aromatic heterocycles. The summed E-state index contributed by atoms with van der Waals surface area (Å²) in [5, 5.41) is 24.0. The Morgan fingerprint density at radius 2 is 1.93 bits per heavy atom. The number of aliphatic hydroxyl groups excluding tert-OH is 2. The summed E-state index contributed by atoms with van der Waals surface area (Å²) in [4.78, 5) is 29.0. The van der Waals surface area contributed by atoms with Crippen molar-refractivity contribution in [3.8, 4) is 0 Å². The third-order valence-corrected chi connectivity index (χ3v) is 5.21. The number of aliphatic imine (C=N–C) groups is 1. The van der Waals surface area contributed by atoms with Crippen LogP contribution in [0.1, 0.15) is 73.7 Å². The van der Waals surface area contributed by atoms with Crippen molar-refractivity contribution < 1.29 is 24.3 Å². The lowest BCUT2D eigenvalue weighted by Gasteiger charge is -2.19. The van der Waals surface area contributed by atoms with Gasteiger partial charge in [0.1, 0.15) is 11.5 Å². The van der Waals surface area contributed by atoms with Gasteiger partial charge in [0.2, 0.25) is 0 Å². The first-order chi connectivity index (χ1) is 13.0. The summed E-state index contributed by atoms with van der Waals surface area (Å²) in [7, 11) is 0. The molecule has 1 fully saturated rings. The van der Waals surface area contributed by atoms with Gasteiger partial charge in [-0.05, 0) is 25.7 Å². The summed E-state index contributed by atoms with van der Waals surface area (Å²) in [6.45, 7) is 1.83. The van der Waals surface area contributed by atoms with Crippen LogP contribution in [0.3, 0.4) is 0 Å². The van der Waals surface area contributed by atoms with Gasteiger partial charge in [-0.15, -0.1) is 0 Å². The van der Waals surface area contributed by atoms with Gasteiger partial charge < -0.3 is 14.7 Å². The Balaban J connectivity index is 1.82. The second-order valence-corrected chi connectivity index (χ2v) is 7.12. The zero-order valence-electron chi connectivity index (χ0n) is 15.7. The van der Waals surface area contributed by atoms with Crippen LogP contribution in [0.5, 0.6) is 0 Å². The summed E-state index contributed by atoms with van der Waals surface area (Å²) in [6.07, 6.45) is 4.84. The predicted octanol–water partition coefficient (Wildman–Crippen LogP) is 2.90. The molecule has 2 N–H and O–H groups in total. The monoisotopic (exact) mass is 374 g/mol. The topological polar surface area (TPSA) is 113 Å². The quantitative estimate of drug-likeness (QED) is 0.585. The first kappa shape index (κ1) is 19.5. The third kappa shape index (κ3) is 4.18. The molecule has 1 atom stereocenters. The average Bonchev–Trinajstić information content (AvgIpc) is 3.08. The summed E-state index contributed by atoms with van der Waals surface area (Å²) < 4.78 is 5.27. The molecule has 0 aromatic carbocycles. The van der Waals surface area contributed by atoms with E-state index in [2.05, 4.69) is 10.1 Å². The lowest BCUT2D eigenvalue weighted by molar-refractivity contribution is -0.115. The van der Waals surface area contributed by atoms with Gasteiger partial charge in [-0.25, -0.2) is 0 Å². The van der Waals surface area contributed by atoms with Gasteiger partial charge in [-0.1, -0.05) is 12.1 Å². The summed E-state index contributed by atoms with van der Waals surface area (Å²) in [5.74, 6) is 0.511. The number of hydrogen-bond acceptors (Lipinski definition) is 7. The fourth-order valence-electron chi connectivity index (χ4n) is 3.68. The molecule has 7 heteroatoms. The molecule has 27 heavy (non-hydrogen) atoms. The molecule has 0 radical (unpaired) electrons. The first-order valence-corrected chi connectivity index (χ1v) is 9.69. The number of aromatic nitrogens is 1. The number of Topliss-reactive ketones (excluding diaryl/α,β-unsaturated/α-hetero) is 2. The maximum atomic E-state index is 12.4. The van der Waals surface area contributed by atoms with Gasteiger partial charge in [-0.2, -0.15) is 0 Å². The van der Waals surface area contributed by atoms with Crippen molar-refractivity contribution in [3.05, 3.63) is 28.3 Å². The van der Waals surface area contributed by atoms with Crippen LogP contribution in [0.25, 0.3) is 0 Å². The molecule has 7 nitrogen and oxygen atoms in total. The summed E-state index contributed by atoms with van der Waals surface area (Å²) in [5.41, 5.74) is 1.94. The van der Waals surface area contributed by atoms with E-state index in [-0.39, 0.29) is 42.0 Å². The van der Waals surface area contributed by atoms with Crippen molar-refractivity contribution in [2.24, 2.45) is 4.99 Å². The number of carbonyl (C=O) groups is 2. The highest BCUT2D eigenvalue weighted by Crippen LogP contribution is 2.27. The first-order valence-electron chi connectivity index (χ1n) is 9.69. The van der Waals surface area contributed by atoms with Gasteiger partial charge in [-0.3, -0.25) is 14.6 Å². The number of ketones is 2. The van der Waals surface area contributed by atoms with Crippen molar-refractivity contribution in [1.82, 2.24) is 5.16 Å². The van der Waals surface area contributed by atoms with Gasteiger partial charge in [0.15, 0.2) is 11.6 Å². The van der Waals surface area contributed by atoms with Crippen LogP contribution in [0, 0.1) is 0 Å². The van der Waals surface area contributed by atoms with Crippen LogP contribution in [0.4, 0.5) is 0 Å². The number of aliphatic hydroxyl groups is 2. The zero-order chi connectivity index (χ0) is 19.4. The van der Waals surface area contributed by atoms with Gasteiger partial charge >= 0.3 is 0 Å². The van der Waals surface area contributed by atoms with E-state index in [1.54, 1.807) is 0 Å². The van der Waals surface area contributed by atoms with Crippen molar-refractivity contribution in [2.75, 3.05) is 6.61 Å². The number of rotatable bonds is 6. The molecule has 1 heterocycles. The number of fused-ring (bicyclic) bond motifs is 1. The molecule has 0 saturated heterocycles. The summed E-state index contributed by atoms with van der Waals surface area (Å²) >= 11 is 0. The largest absolute Gasteiger partial charge is 0.511 e. The van der Waals surface area contributed by atoms with Crippen LogP contribution < -0.4 is 0 Å². The normalized spacial score (nSPS) is 22.1. The van der Waals surface area contributed by atoms with Crippen LogP contribution in [0.2, 0.25) is 0 Å². The molecule has 0 bridgehead atoms. The van der Waals surface area contributed by atoms with Crippen LogP contribution in [-0.4, -0.2) is 45.3 Å². The van der Waals surface area contributed by atoms with E-state index in [0.717, 1.165) is 6.42 Å². The number of carbonyl (C=O) groups excluding carboxylic acids is 2. The number of hydrogen-bond donors (Lipinski definition) is 2. The Morgan fingerprint density at radius 1 is 1.19 bits per heavy atom. The Kier molecular flexibility index (Phi) is 6.21. The Morgan fingerprint density at radius 3 is 2.67 bits per heavy atom. The second-order valence-electron chi connectivity index (χ2n) is 7.12. The Labute approximate surface area is 158 Å². The smallest absolute Gasteiger partial charge is 0.168 e. The highest BCUT2D eigenvalue weighted by atomic mass is 16.5. The third-order valence-electron chi connectivity index (χ3n) is 5.21. The molecule has 1 aromatic rings. The minimum absolute atomic E-state index is 0.0220. The highest BCUT2D eigenvalue weighted by Gasteiger charge is 2.28. The van der Waals surface area contributed by atoms with Crippen molar-refractivity contribution in [2.45, 2.75) is 70.8 Å². The van der Waals surface area contributed by atoms with E-state index in [1.165, 1.54) is 0 Å². The fraction of sp³-hybridized carbons (Fsp3) is 0.600. The van der Waals surface area contributed by atoms with Crippen molar-refractivity contribution in [1.29, 1.82) is 0 Å². The Hall–Kier alpha value is -2.28. The maximum absolute atomic E-state index is 12.4. The van der Waals surface area contributed by atoms with E-state index in [0.29, 0.717) is 67.7 Å². The molecule has 146 valence electrons. The lowest BCUT2D eigenvalue weighted by Crippen LogP contribution is -2.24. The summed E-state index contributed by atoms with van der Waals surface area (Å²) in [6, 6.07) is -0.270. The van der Waals surface area contributed by atoms with Crippen LogP contribution in [0.15, 0.2) is 20.8 Å². The number of aryl methyl sites for hydroxylation is 2. The SMILES string of the molecule is CCC(CO)N=C1CCCC(=O)/C1=C(/O)CCc1noc2c1C(=O)CCC2. The van der Waals surface area contributed by atoms with Gasteiger partial charge in [0.05, 0.1) is 29.5 Å². The van der Waals surface area contributed by atoms with Crippen LogP contribution >= 0.6 is 0 Å². The molecule has 0 aliphatic heterocycles. The molecular weight excluding hydrogens is 348 g/mol. The van der Waals surface area contributed by atoms with Crippen molar-refractivity contribution in [3.63, 3.8) is 0 Å². The molecule has 2 aliphatic rings. The second kappa shape index (κ2) is 8.61. The van der Waals surface area contributed by atoms with Crippen LogP contribution in [-0.2, 0) is 17.6 Å². The van der Waals surface area contributed by atoms with E-state index in [9.17, 15) is 19.8 Å². The molecule has 0 spiro atoms. The minimum atomic E-state index is -0.270. The zero-order valence-corrected chi connectivity index (χ0v) is 15.7. The molecule has 1 unspecified atom stereocenters. The Bertz CT molecular complexity index is 786. The van der Waals surface area contributed by atoms with Crippen molar-refractivity contribution >= 4 is 17.3 Å². The molecule has 2 aliphatic carbocycles. The highest BCUT2D eigenvalue weighted by molar-refractivity contribution is 6.24.